The second-order valence-electron chi connectivity index (χ2n) is 3.68. The molecule has 12 heavy (non-hydrogen) atoms. The Hall–Kier alpha value is -0.530. The van der Waals surface area contributed by atoms with Crippen molar-refractivity contribution in [3.63, 3.8) is 0 Å². The summed E-state index contributed by atoms with van der Waals surface area (Å²) in [7, 11) is 0. The van der Waals surface area contributed by atoms with E-state index >= 15 is 0 Å². The Labute approximate surface area is 75.3 Å². The monoisotopic (exact) mass is 171 g/mol. The molecule has 0 heterocycles. The topological polar surface area (TPSA) is 26.3 Å². The lowest BCUT2D eigenvalue weighted by molar-refractivity contribution is -0.157. The van der Waals surface area contributed by atoms with Crippen molar-refractivity contribution in [3.05, 3.63) is 6.42 Å². The minimum Gasteiger partial charge on any atom is -0.462 e. The van der Waals surface area contributed by atoms with Gasteiger partial charge >= 0.3 is 5.97 Å². The second kappa shape index (κ2) is 4.48. The predicted molar refractivity (Wildman–Crippen MR) is 49.6 cm³/mol. The number of ether oxygens (including phenoxy) is 1. The molecule has 0 unspecified atom stereocenters. The third-order valence-corrected chi connectivity index (χ3v) is 2.20. The van der Waals surface area contributed by atoms with Crippen molar-refractivity contribution < 1.29 is 9.53 Å². The first-order chi connectivity index (χ1) is 5.44. The molecule has 0 N–H and O–H groups in total. The maximum Gasteiger partial charge on any atom is 0.311 e. The molecule has 2 nitrogen and oxygen atoms in total. The van der Waals surface area contributed by atoms with Crippen LogP contribution in [0.5, 0.6) is 0 Å². The highest BCUT2D eigenvalue weighted by molar-refractivity contribution is 5.76. The first-order valence-corrected chi connectivity index (χ1v) is 4.44. The molecule has 0 saturated heterocycles. The first kappa shape index (κ1) is 11.5. The van der Waals surface area contributed by atoms with Gasteiger partial charge in [-0.15, -0.1) is 0 Å². The van der Waals surface area contributed by atoms with Gasteiger partial charge in [0.2, 0.25) is 0 Å². The number of rotatable bonds is 4. The summed E-state index contributed by atoms with van der Waals surface area (Å²) in [6.45, 7) is 9.54. The van der Waals surface area contributed by atoms with E-state index < -0.39 is 0 Å². The average Bonchev–Trinajstić information content (AvgIpc) is 2.04. The fourth-order valence-electron chi connectivity index (χ4n) is 0.541. The Morgan fingerprint density at radius 1 is 1.58 bits per heavy atom. The molecule has 1 radical (unpaired) electrons. The Morgan fingerprint density at radius 3 is 2.42 bits per heavy atom. The third kappa shape index (κ3) is 3.24. The Bertz CT molecular complexity index is 150. The van der Waals surface area contributed by atoms with Crippen molar-refractivity contribution in [2.24, 2.45) is 5.41 Å². The maximum atomic E-state index is 11.4. The van der Waals surface area contributed by atoms with Crippen LogP contribution in [0.1, 0.15) is 41.0 Å². The van der Waals surface area contributed by atoms with E-state index in [9.17, 15) is 4.79 Å². The zero-order chi connectivity index (χ0) is 9.78. The summed E-state index contributed by atoms with van der Waals surface area (Å²) >= 11 is 0. The van der Waals surface area contributed by atoms with Crippen LogP contribution >= 0.6 is 0 Å². The van der Waals surface area contributed by atoms with Gasteiger partial charge in [0.15, 0.2) is 0 Å². The van der Waals surface area contributed by atoms with Gasteiger partial charge in [-0.3, -0.25) is 4.79 Å². The van der Waals surface area contributed by atoms with Crippen LogP contribution in [0.25, 0.3) is 0 Å². The molecular formula is C10H19O2. The van der Waals surface area contributed by atoms with E-state index in [0.717, 1.165) is 6.42 Å². The lowest BCUT2D eigenvalue weighted by Gasteiger charge is -2.22. The fourth-order valence-corrected chi connectivity index (χ4v) is 0.541. The zero-order valence-electron chi connectivity index (χ0n) is 8.68. The molecule has 0 aliphatic rings. The van der Waals surface area contributed by atoms with Crippen LogP contribution in [0, 0.1) is 11.8 Å². The van der Waals surface area contributed by atoms with E-state index in [1.807, 2.05) is 41.0 Å². The van der Waals surface area contributed by atoms with Crippen LogP contribution in [0.4, 0.5) is 0 Å². The SMILES string of the molecule is C[CH][C@@H](C)OC(=O)C(C)(C)CC. The average molecular weight is 171 g/mol. The van der Waals surface area contributed by atoms with Gasteiger partial charge in [0.25, 0.3) is 0 Å². The van der Waals surface area contributed by atoms with E-state index in [1.165, 1.54) is 0 Å². The number of carbonyl (C=O) groups is 1. The fraction of sp³-hybridized carbons (Fsp3) is 0.800. The smallest absolute Gasteiger partial charge is 0.311 e. The van der Waals surface area contributed by atoms with Crippen molar-refractivity contribution in [1.29, 1.82) is 0 Å². The lowest BCUT2D eigenvalue weighted by atomic mass is 9.90. The molecule has 0 spiro atoms. The summed E-state index contributed by atoms with van der Waals surface area (Å²) in [5, 5.41) is 0. The third-order valence-electron chi connectivity index (χ3n) is 2.20. The van der Waals surface area contributed by atoms with Gasteiger partial charge < -0.3 is 4.74 Å². The molecule has 0 fully saturated rings. The summed E-state index contributed by atoms with van der Waals surface area (Å²) in [6.07, 6.45) is 2.59. The Kier molecular flexibility index (Phi) is 4.29. The van der Waals surface area contributed by atoms with Gasteiger partial charge in [-0.1, -0.05) is 13.8 Å². The van der Waals surface area contributed by atoms with Crippen molar-refractivity contribution in [2.45, 2.75) is 47.1 Å². The number of carbonyl (C=O) groups excluding carboxylic acids is 1. The molecule has 0 bridgehead atoms. The molecule has 0 aromatic heterocycles. The van der Waals surface area contributed by atoms with E-state index in [1.54, 1.807) is 0 Å². The maximum absolute atomic E-state index is 11.4. The molecule has 0 aromatic carbocycles. The number of esters is 1. The van der Waals surface area contributed by atoms with Gasteiger partial charge in [0.1, 0.15) is 6.10 Å². The molecule has 71 valence electrons. The second-order valence-corrected chi connectivity index (χ2v) is 3.68. The highest BCUT2D eigenvalue weighted by atomic mass is 16.5. The highest BCUT2D eigenvalue weighted by Crippen LogP contribution is 2.22. The molecular weight excluding hydrogens is 152 g/mol. The van der Waals surface area contributed by atoms with Gasteiger partial charge in [0.05, 0.1) is 5.41 Å². The van der Waals surface area contributed by atoms with E-state index in [-0.39, 0.29) is 17.5 Å². The van der Waals surface area contributed by atoms with Crippen molar-refractivity contribution in [1.82, 2.24) is 0 Å². The van der Waals surface area contributed by atoms with Gasteiger partial charge in [-0.05, 0) is 33.6 Å². The van der Waals surface area contributed by atoms with Crippen LogP contribution in [-0.4, -0.2) is 12.1 Å². The summed E-state index contributed by atoms with van der Waals surface area (Å²) in [5.74, 6) is -0.115. The van der Waals surface area contributed by atoms with Crippen LogP contribution in [0.2, 0.25) is 0 Å². The molecule has 2 heteroatoms. The molecule has 0 aromatic rings. The largest absolute Gasteiger partial charge is 0.462 e. The number of hydrogen-bond donors (Lipinski definition) is 0. The molecule has 0 aliphatic carbocycles. The molecule has 0 saturated carbocycles. The normalized spacial score (nSPS) is 14.1. The Morgan fingerprint density at radius 2 is 2.08 bits per heavy atom. The Balaban J connectivity index is 4.03. The van der Waals surface area contributed by atoms with Crippen LogP contribution in [0.3, 0.4) is 0 Å². The first-order valence-electron chi connectivity index (χ1n) is 4.44. The number of hydrogen-bond acceptors (Lipinski definition) is 2. The van der Waals surface area contributed by atoms with Crippen LogP contribution < -0.4 is 0 Å². The molecule has 0 rings (SSSR count). The minimum absolute atomic E-state index is 0.0803. The molecule has 1 atom stereocenters. The summed E-state index contributed by atoms with van der Waals surface area (Å²) < 4.78 is 5.16. The lowest BCUT2D eigenvalue weighted by Crippen LogP contribution is -2.28. The minimum atomic E-state index is -0.350. The quantitative estimate of drug-likeness (QED) is 0.608. The molecule has 0 amide bonds. The predicted octanol–water partition coefficient (Wildman–Crippen LogP) is 2.58. The summed E-state index contributed by atoms with van der Waals surface area (Å²) in [6, 6.07) is 0. The van der Waals surface area contributed by atoms with Crippen molar-refractivity contribution >= 4 is 5.97 Å². The molecule has 0 aliphatic heterocycles. The summed E-state index contributed by atoms with van der Waals surface area (Å²) in [4.78, 5) is 11.4. The van der Waals surface area contributed by atoms with E-state index in [0.29, 0.717) is 0 Å². The van der Waals surface area contributed by atoms with Crippen LogP contribution in [0.15, 0.2) is 0 Å². The van der Waals surface area contributed by atoms with E-state index in [2.05, 4.69) is 0 Å². The van der Waals surface area contributed by atoms with Gasteiger partial charge in [-0.25, -0.2) is 0 Å². The van der Waals surface area contributed by atoms with Gasteiger partial charge in [-0.2, -0.15) is 0 Å². The van der Waals surface area contributed by atoms with Crippen molar-refractivity contribution in [2.75, 3.05) is 0 Å². The zero-order valence-corrected chi connectivity index (χ0v) is 8.68. The van der Waals surface area contributed by atoms with Gasteiger partial charge in [0, 0.05) is 0 Å². The van der Waals surface area contributed by atoms with Crippen LogP contribution in [-0.2, 0) is 9.53 Å². The highest BCUT2D eigenvalue weighted by Gasteiger charge is 2.27. The van der Waals surface area contributed by atoms with Crippen molar-refractivity contribution in [3.8, 4) is 0 Å². The summed E-state index contributed by atoms with van der Waals surface area (Å²) in [5.41, 5.74) is -0.350. The van der Waals surface area contributed by atoms with E-state index in [4.69, 9.17) is 4.74 Å². The standard InChI is InChI=1S/C10H19O2/c1-6-8(3)12-9(11)10(4,5)7-2/h6,8H,7H2,1-5H3/t8-/m1/s1.